The second-order valence-electron chi connectivity index (χ2n) is 11.9. The molecule has 0 amide bonds. The largest absolute Gasteiger partial charge is 0.466 e. The van der Waals surface area contributed by atoms with Gasteiger partial charge in [-0.2, -0.15) is 11.8 Å². The molecular formula is C35H70N2O2S. The highest BCUT2D eigenvalue weighted by atomic mass is 32.2. The third kappa shape index (κ3) is 33.5. The number of nitrogens with one attached hydrogen (secondary N) is 2. The van der Waals surface area contributed by atoms with E-state index < -0.39 is 0 Å². The smallest absolute Gasteiger partial charge is 0.306 e. The standard InChI is InChI=1S/C35H70N2O2S/c1-3-5-7-9-11-13-15-17-19-21-23-25-30-37-34(36)28-27-32-40-33-29-35(38)39-31-26-24-22-20-18-16-14-12-10-8-6-4-2/h3-33H2,1-2H3,(H2,36,37). The van der Waals surface area contributed by atoms with Crippen LogP contribution in [-0.2, 0) is 9.53 Å². The summed E-state index contributed by atoms with van der Waals surface area (Å²) in [6.45, 7) is 6.08. The molecule has 0 bridgehead atoms. The number of carbonyl (C=O) groups is 1. The molecular weight excluding hydrogens is 512 g/mol. The van der Waals surface area contributed by atoms with E-state index in [0.29, 0.717) is 18.9 Å². The zero-order chi connectivity index (χ0) is 29.2. The Labute approximate surface area is 255 Å². The highest BCUT2D eigenvalue weighted by Crippen LogP contribution is 2.13. The van der Waals surface area contributed by atoms with Gasteiger partial charge in [-0.15, -0.1) is 0 Å². The van der Waals surface area contributed by atoms with E-state index in [4.69, 9.17) is 10.1 Å². The topological polar surface area (TPSA) is 62.2 Å². The number of hydrogen-bond donors (Lipinski definition) is 2. The van der Waals surface area contributed by atoms with E-state index >= 15 is 0 Å². The molecule has 0 aliphatic heterocycles. The van der Waals surface area contributed by atoms with Crippen LogP contribution in [0.5, 0.6) is 0 Å². The minimum absolute atomic E-state index is 0.0487. The summed E-state index contributed by atoms with van der Waals surface area (Å²) in [5.41, 5.74) is 0. The van der Waals surface area contributed by atoms with Gasteiger partial charge in [-0.25, -0.2) is 0 Å². The van der Waals surface area contributed by atoms with Gasteiger partial charge < -0.3 is 10.1 Å². The molecule has 4 nitrogen and oxygen atoms in total. The van der Waals surface area contributed by atoms with Crippen LogP contribution in [0.2, 0.25) is 0 Å². The lowest BCUT2D eigenvalue weighted by Gasteiger charge is -2.08. The first-order valence-electron chi connectivity index (χ1n) is 17.7. The van der Waals surface area contributed by atoms with Crippen molar-refractivity contribution < 1.29 is 9.53 Å². The molecule has 40 heavy (non-hydrogen) atoms. The van der Waals surface area contributed by atoms with E-state index in [9.17, 15) is 4.79 Å². The molecule has 0 aromatic rings. The summed E-state index contributed by atoms with van der Waals surface area (Å²) in [7, 11) is 0. The number of unbranched alkanes of at least 4 members (excludes halogenated alkanes) is 22. The van der Waals surface area contributed by atoms with Crippen molar-refractivity contribution in [2.24, 2.45) is 0 Å². The predicted octanol–water partition coefficient (Wildman–Crippen LogP) is 11.4. The summed E-state index contributed by atoms with van der Waals surface area (Å²) in [6.07, 6.45) is 34.6. The fourth-order valence-electron chi connectivity index (χ4n) is 5.10. The van der Waals surface area contributed by atoms with E-state index in [0.717, 1.165) is 37.3 Å². The third-order valence-electron chi connectivity index (χ3n) is 7.80. The minimum atomic E-state index is -0.0487. The van der Waals surface area contributed by atoms with Gasteiger partial charge in [0.05, 0.1) is 18.9 Å². The van der Waals surface area contributed by atoms with Crippen molar-refractivity contribution in [2.75, 3.05) is 24.7 Å². The van der Waals surface area contributed by atoms with Gasteiger partial charge >= 0.3 is 5.97 Å². The van der Waals surface area contributed by atoms with Crippen molar-refractivity contribution in [1.29, 1.82) is 5.41 Å². The molecule has 0 unspecified atom stereocenters. The van der Waals surface area contributed by atoms with Crippen molar-refractivity contribution in [3.63, 3.8) is 0 Å². The molecule has 0 aliphatic rings. The van der Waals surface area contributed by atoms with Crippen LogP contribution in [0.25, 0.3) is 0 Å². The maximum absolute atomic E-state index is 11.9. The molecule has 0 radical (unpaired) electrons. The fraction of sp³-hybridized carbons (Fsp3) is 0.943. The Balaban J connectivity index is 3.26. The lowest BCUT2D eigenvalue weighted by molar-refractivity contribution is -0.143. The second kappa shape index (κ2) is 34.5. The normalized spacial score (nSPS) is 11.2. The highest BCUT2D eigenvalue weighted by molar-refractivity contribution is 7.99. The number of amidine groups is 1. The average Bonchev–Trinajstić information content (AvgIpc) is 2.95. The van der Waals surface area contributed by atoms with E-state index in [-0.39, 0.29) is 5.97 Å². The number of thioether (sulfide) groups is 1. The lowest BCUT2D eigenvalue weighted by atomic mass is 10.1. The number of rotatable bonds is 33. The number of hydrogen-bond acceptors (Lipinski definition) is 4. The van der Waals surface area contributed by atoms with Crippen molar-refractivity contribution in [3.05, 3.63) is 0 Å². The molecule has 2 N–H and O–H groups in total. The summed E-state index contributed by atoms with van der Waals surface area (Å²) >= 11 is 1.81. The molecule has 0 aliphatic carbocycles. The van der Waals surface area contributed by atoms with Gasteiger partial charge in [0.15, 0.2) is 0 Å². The van der Waals surface area contributed by atoms with Gasteiger partial charge in [0.1, 0.15) is 0 Å². The van der Waals surface area contributed by atoms with Gasteiger partial charge in [0.2, 0.25) is 0 Å². The maximum Gasteiger partial charge on any atom is 0.306 e. The van der Waals surface area contributed by atoms with Crippen molar-refractivity contribution in [2.45, 2.75) is 187 Å². The summed E-state index contributed by atoms with van der Waals surface area (Å²) in [4.78, 5) is 11.9. The zero-order valence-corrected chi connectivity index (χ0v) is 28.0. The van der Waals surface area contributed by atoms with Gasteiger partial charge in [-0.3, -0.25) is 10.2 Å². The van der Waals surface area contributed by atoms with Crippen LogP contribution in [-0.4, -0.2) is 36.5 Å². The SMILES string of the molecule is CCCCCCCCCCCCCCNC(=N)CCCSCCC(=O)OCCCCCCCCCCCCCC. The third-order valence-corrected chi connectivity index (χ3v) is 8.87. The van der Waals surface area contributed by atoms with Crippen LogP contribution < -0.4 is 5.32 Å². The molecule has 0 saturated carbocycles. The van der Waals surface area contributed by atoms with E-state index in [2.05, 4.69) is 19.2 Å². The predicted molar refractivity (Wildman–Crippen MR) is 180 cm³/mol. The molecule has 0 rings (SSSR count). The molecule has 0 atom stereocenters. The van der Waals surface area contributed by atoms with Crippen LogP contribution in [0.15, 0.2) is 0 Å². The first-order chi connectivity index (χ1) is 19.7. The van der Waals surface area contributed by atoms with Gasteiger partial charge in [0.25, 0.3) is 0 Å². The molecule has 5 heteroatoms. The van der Waals surface area contributed by atoms with Crippen LogP contribution in [0.4, 0.5) is 0 Å². The highest BCUT2D eigenvalue weighted by Gasteiger charge is 2.03. The molecule has 0 fully saturated rings. The summed E-state index contributed by atoms with van der Waals surface area (Å²) in [6, 6.07) is 0. The van der Waals surface area contributed by atoms with Crippen LogP contribution in [0, 0.1) is 5.41 Å². The Morgan fingerprint density at radius 2 is 0.975 bits per heavy atom. The molecule has 0 aromatic carbocycles. The van der Waals surface area contributed by atoms with E-state index in [1.165, 1.54) is 148 Å². The van der Waals surface area contributed by atoms with Gasteiger partial charge in [-0.1, -0.05) is 155 Å². The van der Waals surface area contributed by atoms with E-state index in [1.54, 1.807) is 0 Å². The van der Waals surface area contributed by atoms with Crippen LogP contribution in [0.3, 0.4) is 0 Å². The lowest BCUT2D eigenvalue weighted by Crippen LogP contribution is -2.23. The quantitative estimate of drug-likeness (QED) is 0.0349. The number of carbonyl (C=O) groups excluding carboxylic acids is 1. The Bertz CT molecular complexity index is 484. The molecule has 0 spiro atoms. The Hall–Kier alpha value is -0.710. The van der Waals surface area contributed by atoms with Gasteiger partial charge in [-0.05, 0) is 25.0 Å². The monoisotopic (exact) mass is 583 g/mol. The Morgan fingerprint density at radius 3 is 1.45 bits per heavy atom. The maximum atomic E-state index is 11.9. The van der Waals surface area contributed by atoms with Crippen molar-refractivity contribution >= 4 is 23.6 Å². The summed E-state index contributed by atoms with van der Waals surface area (Å²) in [5.74, 6) is 2.46. The summed E-state index contributed by atoms with van der Waals surface area (Å²) < 4.78 is 5.40. The Kier molecular flexibility index (Phi) is 33.9. The molecule has 0 heterocycles. The zero-order valence-electron chi connectivity index (χ0n) is 27.1. The van der Waals surface area contributed by atoms with E-state index in [1.807, 2.05) is 11.8 Å². The molecule has 238 valence electrons. The van der Waals surface area contributed by atoms with Crippen LogP contribution >= 0.6 is 11.8 Å². The number of esters is 1. The summed E-state index contributed by atoms with van der Waals surface area (Å²) in [5, 5.41) is 11.4. The average molecular weight is 583 g/mol. The first kappa shape index (κ1) is 39.3. The number of ether oxygens (including phenoxy) is 1. The Morgan fingerprint density at radius 1 is 0.550 bits per heavy atom. The van der Waals surface area contributed by atoms with Gasteiger partial charge in [0, 0.05) is 18.7 Å². The van der Waals surface area contributed by atoms with Crippen molar-refractivity contribution in [1.82, 2.24) is 5.32 Å². The fourth-order valence-corrected chi connectivity index (χ4v) is 5.97. The van der Waals surface area contributed by atoms with Crippen LogP contribution in [0.1, 0.15) is 187 Å². The minimum Gasteiger partial charge on any atom is -0.466 e. The molecule has 0 saturated heterocycles. The first-order valence-corrected chi connectivity index (χ1v) is 18.9. The van der Waals surface area contributed by atoms with Crippen molar-refractivity contribution in [3.8, 4) is 0 Å². The second-order valence-corrected chi connectivity index (χ2v) is 13.1. The molecule has 0 aromatic heterocycles.